The molecule has 21 heavy (non-hydrogen) atoms. The van der Waals surface area contributed by atoms with Crippen molar-refractivity contribution in [2.45, 2.75) is 6.92 Å². The molecule has 0 amide bonds. The number of fused-ring (bicyclic) bond motifs is 1. The first-order valence-electron chi connectivity index (χ1n) is 6.18. The molecule has 3 rings (SSSR count). The molecular weight excluding hydrogens is 311 g/mol. The molecule has 0 unspecified atom stereocenters. The highest BCUT2D eigenvalue weighted by Crippen LogP contribution is 2.40. The largest absolute Gasteiger partial charge is 0.506 e. The molecule has 0 saturated carbocycles. The molecule has 1 heterocycles. The highest BCUT2D eigenvalue weighted by atomic mass is 35.5. The van der Waals surface area contributed by atoms with E-state index in [-0.39, 0.29) is 27.2 Å². The van der Waals surface area contributed by atoms with Gasteiger partial charge in [-0.1, -0.05) is 53.0 Å². The van der Waals surface area contributed by atoms with Crippen LogP contribution in [0.3, 0.4) is 0 Å². The van der Waals surface area contributed by atoms with Gasteiger partial charge in [0.25, 0.3) is 0 Å². The lowest BCUT2D eigenvalue weighted by atomic mass is 10.0. The molecule has 3 nitrogen and oxygen atoms in total. The molecule has 1 N–H and O–H groups in total. The lowest BCUT2D eigenvalue weighted by Gasteiger charge is -2.02. The van der Waals surface area contributed by atoms with Gasteiger partial charge < -0.3 is 9.52 Å². The molecule has 0 saturated heterocycles. The maximum atomic E-state index is 12.5. The number of halogens is 2. The van der Waals surface area contributed by atoms with Crippen molar-refractivity contribution in [3.05, 3.63) is 63.3 Å². The van der Waals surface area contributed by atoms with E-state index in [4.69, 9.17) is 27.6 Å². The molecule has 0 aliphatic carbocycles. The molecule has 106 valence electrons. The van der Waals surface area contributed by atoms with E-state index < -0.39 is 0 Å². The van der Waals surface area contributed by atoms with Gasteiger partial charge in [-0.3, -0.25) is 4.79 Å². The monoisotopic (exact) mass is 320 g/mol. The van der Waals surface area contributed by atoms with Crippen molar-refractivity contribution in [3.8, 4) is 5.75 Å². The average molecular weight is 321 g/mol. The third-order valence-electron chi connectivity index (χ3n) is 3.29. The molecule has 0 aliphatic rings. The van der Waals surface area contributed by atoms with E-state index in [9.17, 15) is 9.90 Å². The van der Waals surface area contributed by atoms with Crippen LogP contribution in [-0.4, -0.2) is 10.9 Å². The summed E-state index contributed by atoms with van der Waals surface area (Å²) in [4.78, 5) is 12.5. The van der Waals surface area contributed by atoms with Crippen molar-refractivity contribution in [2.24, 2.45) is 0 Å². The van der Waals surface area contributed by atoms with Gasteiger partial charge in [-0.2, -0.15) is 0 Å². The van der Waals surface area contributed by atoms with Gasteiger partial charge in [0.1, 0.15) is 22.1 Å². The minimum absolute atomic E-state index is 0.00727. The van der Waals surface area contributed by atoms with Gasteiger partial charge >= 0.3 is 0 Å². The zero-order valence-corrected chi connectivity index (χ0v) is 12.5. The van der Waals surface area contributed by atoms with E-state index in [0.717, 1.165) is 5.56 Å². The van der Waals surface area contributed by atoms with Crippen molar-refractivity contribution in [2.75, 3.05) is 0 Å². The number of hydrogen-bond acceptors (Lipinski definition) is 3. The van der Waals surface area contributed by atoms with Gasteiger partial charge in [0.15, 0.2) is 11.4 Å². The Kier molecular flexibility index (Phi) is 3.40. The zero-order valence-electron chi connectivity index (χ0n) is 11.0. The molecule has 1 aromatic heterocycles. The fraction of sp³-hybridized carbons (Fsp3) is 0.0625. The lowest BCUT2D eigenvalue weighted by molar-refractivity contribution is 0.103. The number of ketones is 1. The number of furan rings is 1. The Morgan fingerprint density at radius 1 is 1.14 bits per heavy atom. The van der Waals surface area contributed by atoms with Crippen molar-refractivity contribution in [1.29, 1.82) is 0 Å². The number of carbonyl (C=O) groups excluding carboxylic acids is 1. The van der Waals surface area contributed by atoms with Crippen LogP contribution in [0.4, 0.5) is 0 Å². The molecule has 0 spiro atoms. The van der Waals surface area contributed by atoms with Crippen LogP contribution in [0, 0.1) is 6.92 Å². The molecule has 3 aromatic rings. The molecule has 0 bridgehead atoms. The normalized spacial score (nSPS) is 11.0. The average Bonchev–Trinajstić information content (AvgIpc) is 2.88. The Morgan fingerprint density at radius 2 is 1.81 bits per heavy atom. The summed E-state index contributed by atoms with van der Waals surface area (Å²) in [5, 5.41) is 10.3. The Balaban J connectivity index is 2.17. The van der Waals surface area contributed by atoms with Crippen LogP contribution < -0.4 is 0 Å². The van der Waals surface area contributed by atoms with E-state index in [1.54, 1.807) is 12.1 Å². The summed E-state index contributed by atoms with van der Waals surface area (Å²) in [5.41, 5.74) is 2.22. The van der Waals surface area contributed by atoms with Gasteiger partial charge in [-0.05, 0) is 13.0 Å². The number of rotatable bonds is 2. The second-order valence-corrected chi connectivity index (χ2v) is 5.50. The summed E-state index contributed by atoms with van der Waals surface area (Å²) < 4.78 is 5.33. The molecule has 0 fully saturated rings. The Hall–Kier alpha value is -1.97. The summed E-state index contributed by atoms with van der Waals surface area (Å²) in [6.45, 7) is 1.95. The maximum Gasteiger partial charge on any atom is 0.196 e. The summed E-state index contributed by atoms with van der Waals surface area (Å²) in [7, 11) is 0. The van der Waals surface area contributed by atoms with Crippen LogP contribution in [-0.2, 0) is 0 Å². The maximum absolute atomic E-state index is 12.5. The minimum Gasteiger partial charge on any atom is -0.506 e. The van der Waals surface area contributed by atoms with Gasteiger partial charge in [0.2, 0.25) is 0 Å². The summed E-state index contributed by atoms with van der Waals surface area (Å²) in [5.74, 6) is -0.389. The summed E-state index contributed by atoms with van der Waals surface area (Å²) in [6.07, 6.45) is 1.33. The molecule has 2 aromatic carbocycles. The van der Waals surface area contributed by atoms with Crippen LogP contribution in [0.25, 0.3) is 11.0 Å². The second-order valence-electron chi connectivity index (χ2n) is 4.74. The zero-order chi connectivity index (χ0) is 15.1. The van der Waals surface area contributed by atoms with Crippen molar-refractivity contribution in [3.63, 3.8) is 0 Å². The predicted molar refractivity (Wildman–Crippen MR) is 82.5 cm³/mol. The Morgan fingerprint density at radius 3 is 2.48 bits per heavy atom. The van der Waals surface area contributed by atoms with E-state index in [1.165, 1.54) is 12.3 Å². The number of carbonyl (C=O) groups is 1. The second kappa shape index (κ2) is 5.10. The number of hydrogen-bond donors (Lipinski definition) is 1. The Labute approximate surface area is 130 Å². The van der Waals surface area contributed by atoms with Crippen LogP contribution in [0.1, 0.15) is 21.5 Å². The third kappa shape index (κ3) is 2.28. The highest BCUT2D eigenvalue weighted by molar-refractivity contribution is 6.46. The van der Waals surface area contributed by atoms with Gasteiger partial charge in [0.05, 0.1) is 5.56 Å². The summed E-state index contributed by atoms with van der Waals surface area (Å²) >= 11 is 11.9. The molecule has 0 atom stereocenters. The lowest BCUT2D eigenvalue weighted by Crippen LogP contribution is -2.00. The number of aromatic hydroxyl groups is 1. The van der Waals surface area contributed by atoms with E-state index in [0.29, 0.717) is 16.5 Å². The molecular formula is C16H10Cl2O3. The first-order valence-corrected chi connectivity index (χ1v) is 6.94. The minimum atomic E-state index is -0.202. The first kappa shape index (κ1) is 14.0. The fourth-order valence-corrected chi connectivity index (χ4v) is 2.51. The highest BCUT2D eigenvalue weighted by Gasteiger charge is 2.20. The standard InChI is InChI=1S/C16H10Cl2O3/c1-8-2-4-9(5-3-8)15(20)11-7-21-16-10(11)6-12(19)13(17)14(16)18/h2-7,19H,1H3. The molecule has 0 radical (unpaired) electrons. The SMILES string of the molecule is Cc1ccc(C(=O)c2coc3c(Cl)c(Cl)c(O)cc23)cc1. The van der Waals surface area contributed by atoms with E-state index in [1.807, 2.05) is 19.1 Å². The molecule has 0 aliphatic heterocycles. The topological polar surface area (TPSA) is 50.4 Å². The van der Waals surface area contributed by atoms with Crippen LogP contribution in [0.5, 0.6) is 5.75 Å². The van der Waals surface area contributed by atoms with Crippen LogP contribution in [0.2, 0.25) is 10.0 Å². The van der Waals surface area contributed by atoms with E-state index >= 15 is 0 Å². The van der Waals surface area contributed by atoms with Crippen molar-refractivity contribution < 1.29 is 14.3 Å². The van der Waals surface area contributed by atoms with Crippen LogP contribution >= 0.6 is 23.2 Å². The Bertz CT molecular complexity index is 848. The quantitative estimate of drug-likeness (QED) is 0.677. The fourth-order valence-electron chi connectivity index (χ4n) is 2.13. The number of aryl methyl sites for hydroxylation is 1. The first-order chi connectivity index (χ1) is 9.99. The summed E-state index contributed by atoms with van der Waals surface area (Å²) in [6, 6.07) is 8.59. The smallest absolute Gasteiger partial charge is 0.196 e. The third-order valence-corrected chi connectivity index (χ3v) is 4.13. The number of phenols is 1. The predicted octanol–water partition coefficient (Wildman–Crippen LogP) is 4.98. The number of benzene rings is 2. The van der Waals surface area contributed by atoms with E-state index in [2.05, 4.69) is 0 Å². The van der Waals surface area contributed by atoms with Crippen LogP contribution in [0.15, 0.2) is 41.0 Å². The van der Waals surface area contributed by atoms with Gasteiger partial charge in [0, 0.05) is 10.9 Å². The number of phenolic OH excluding ortho intramolecular Hbond substituents is 1. The van der Waals surface area contributed by atoms with Crippen molar-refractivity contribution in [1.82, 2.24) is 0 Å². The molecule has 5 heteroatoms. The van der Waals surface area contributed by atoms with Gasteiger partial charge in [-0.25, -0.2) is 0 Å². The van der Waals surface area contributed by atoms with Crippen molar-refractivity contribution >= 4 is 40.0 Å². The van der Waals surface area contributed by atoms with Gasteiger partial charge in [-0.15, -0.1) is 0 Å².